The lowest BCUT2D eigenvalue weighted by molar-refractivity contribution is -0.192. The zero-order valence-corrected chi connectivity index (χ0v) is 28.2. The Labute approximate surface area is 282 Å². The highest BCUT2D eigenvalue weighted by Crippen LogP contribution is 2.39. The molecule has 0 saturated carbocycles. The van der Waals surface area contributed by atoms with Gasteiger partial charge in [-0.2, -0.15) is 13.2 Å². The zero-order valence-electron chi connectivity index (χ0n) is 25.7. The molecular formula is C33H30F3N3O6S3. The van der Waals surface area contributed by atoms with Crippen molar-refractivity contribution in [1.29, 1.82) is 0 Å². The standard InChI is InChI=1S/C31H29N3O4S3.C2HF3O2/c1-20-29(27-19-40-31(32-27)22-12-14-34(15-13-22)28(35)18-25-7-4-16-39-25)30(33-38-20)24-6-3-5-23(17-24)21-8-10-26(11-9-21)41(2,36)37;3-2(4,5)1(6)7/h3-11,16-17,19,22H,12-15,18H2,1-2H3;(H,6,7). The highest BCUT2D eigenvalue weighted by atomic mass is 32.2. The van der Waals surface area contributed by atoms with Crippen LogP contribution in [0.1, 0.15) is 34.4 Å². The van der Waals surface area contributed by atoms with Gasteiger partial charge in [-0.15, -0.1) is 22.7 Å². The Kier molecular flexibility index (Phi) is 10.5. The van der Waals surface area contributed by atoms with Gasteiger partial charge in [0.2, 0.25) is 5.91 Å². The third-order valence-corrected chi connectivity index (χ3v) is 10.7. The fourth-order valence-corrected chi connectivity index (χ4v) is 7.56. The summed E-state index contributed by atoms with van der Waals surface area (Å²) in [5.74, 6) is -1.54. The number of thiophene rings is 1. The molecule has 252 valence electrons. The number of nitrogens with zero attached hydrogens (tertiary/aromatic N) is 3. The van der Waals surface area contributed by atoms with E-state index in [1.165, 1.54) is 6.26 Å². The Bertz CT molecular complexity index is 2000. The van der Waals surface area contributed by atoms with Gasteiger partial charge in [0.25, 0.3) is 0 Å². The number of alkyl halides is 3. The van der Waals surface area contributed by atoms with Crippen LogP contribution < -0.4 is 0 Å². The fraction of sp³-hybridized carbons (Fsp3) is 0.273. The van der Waals surface area contributed by atoms with Crippen LogP contribution in [0.15, 0.2) is 80.8 Å². The monoisotopic (exact) mass is 717 g/mol. The molecule has 0 spiro atoms. The molecule has 0 radical (unpaired) electrons. The van der Waals surface area contributed by atoms with Crippen LogP contribution in [-0.2, 0) is 25.8 Å². The summed E-state index contributed by atoms with van der Waals surface area (Å²) in [6, 6.07) is 18.9. The van der Waals surface area contributed by atoms with E-state index in [0.29, 0.717) is 23.0 Å². The summed E-state index contributed by atoms with van der Waals surface area (Å²) < 4.78 is 61.1. The molecule has 3 aromatic heterocycles. The molecule has 1 aliphatic heterocycles. The lowest BCUT2D eigenvalue weighted by Gasteiger charge is -2.31. The van der Waals surface area contributed by atoms with Gasteiger partial charge in [0.1, 0.15) is 11.5 Å². The van der Waals surface area contributed by atoms with Gasteiger partial charge in [-0.3, -0.25) is 4.79 Å². The molecule has 0 unspecified atom stereocenters. The molecule has 1 amide bonds. The quantitative estimate of drug-likeness (QED) is 0.183. The number of hydrogen-bond donors (Lipinski definition) is 1. The van der Waals surface area contributed by atoms with E-state index in [-0.39, 0.29) is 5.91 Å². The molecule has 0 aliphatic carbocycles. The van der Waals surface area contributed by atoms with Gasteiger partial charge >= 0.3 is 12.1 Å². The van der Waals surface area contributed by atoms with Crippen molar-refractivity contribution in [2.45, 2.75) is 43.2 Å². The molecule has 5 aromatic rings. The third-order valence-electron chi connectivity index (χ3n) is 7.74. The molecule has 1 fully saturated rings. The molecule has 1 N–H and O–H groups in total. The van der Waals surface area contributed by atoms with E-state index >= 15 is 0 Å². The van der Waals surface area contributed by atoms with Crippen LogP contribution in [0.5, 0.6) is 0 Å². The highest BCUT2D eigenvalue weighted by molar-refractivity contribution is 7.90. The maximum atomic E-state index is 12.7. The molecule has 15 heteroatoms. The number of aromatic nitrogens is 2. The largest absolute Gasteiger partial charge is 0.490 e. The molecule has 48 heavy (non-hydrogen) atoms. The molecule has 4 heterocycles. The lowest BCUT2D eigenvalue weighted by atomic mass is 9.97. The van der Waals surface area contributed by atoms with Crippen LogP contribution in [0.25, 0.3) is 33.6 Å². The topological polar surface area (TPSA) is 131 Å². The number of aliphatic carboxylic acids is 1. The average molecular weight is 718 g/mol. The maximum Gasteiger partial charge on any atom is 0.490 e. The molecule has 6 rings (SSSR count). The van der Waals surface area contributed by atoms with Crippen LogP contribution in [0.2, 0.25) is 0 Å². The first kappa shape index (κ1) is 35.0. The Morgan fingerprint density at radius 2 is 1.67 bits per heavy atom. The first-order valence-corrected chi connectivity index (χ1v) is 18.3. The average Bonchev–Trinajstić information content (AvgIpc) is 3.82. The lowest BCUT2D eigenvalue weighted by Crippen LogP contribution is -2.38. The Balaban J connectivity index is 0.000000582. The van der Waals surface area contributed by atoms with Crippen molar-refractivity contribution in [1.82, 2.24) is 15.0 Å². The Morgan fingerprint density at radius 3 is 2.27 bits per heavy atom. The van der Waals surface area contributed by atoms with Crippen LogP contribution in [0.3, 0.4) is 0 Å². The van der Waals surface area contributed by atoms with Crippen LogP contribution in [-0.4, -0.2) is 66.0 Å². The first-order chi connectivity index (χ1) is 22.7. The van der Waals surface area contributed by atoms with Gasteiger partial charge in [0.05, 0.1) is 27.6 Å². The number of hydrogen-bond acceptors (Lipinski definition) is 9. The number of carbonyl (C=O) groups excluding carboxylic acids is 1. The summed E-state index contributed by atoms with van der Waals surface area (Å²) in [6.45, 7) is 3.40. The van der Waals surface area contributed by atoms with E-state index in [2.05, 4.69) is 10.5 Å². The number of carboxylic acids is 1. The zero-order chi connectivity index (χ0) is 34.6. The van der Waals surface area contributed by atoms with Gasteiger partial charge in [-0.1, -0.05) is 41.6 Å². The van der Waals surface area contributed by atoms with Crippen molar-refractivity contribution in [2.75, 3.05) is 19.3 Å². The minimum absolute atomic E-state index is 0.198. The number of thiazole rings is 1. The molecule has 1 aliphatic rings. The predicted molar refractivity (Wildman–Crippen MR) is 177 cm³/mol. The number of sulfone groups is 1. The Hall–Kier alpha value is -4.34. The van der Waals surface area contributed by atoms with Gasteiger partial charge in [0, 0.05) is 41.1 Å². The van der Waals surface area contributed by atoms with Gasteiger partial charge in [-0.05, 0) is 60.5 Å². The van der Waals surface area contributed by atoms with Crippen LogP contribution in [0.4, 0.5) is 13.2 Å². The van der Waals surface area contributed by atoms with Crippen molar-refractivity contribution in [3.05, 3.63) is 87.1 Å². The summed E-state index contributed by atoms with van der Waals surface area (Å²) in [5, 5.41) is 16.7. The number of aryl methyl sites for hydroxylation is 1. The SMILES string of the molecule is Cc1onc(-c2cccc(-c3ccc(S(C)(=O)=O)cc3)c2)c1-c1csc(C2CCN(C(=O)Cc3cccs3)CC2)n1.O=C(O)C(F)(F)F. The molecule has 0 atom stereocenters. The number of carboxylic acid groups (broad SMARTS) is 1. The van der Waals surface area contributed by atoms with E-state index in [4.69, 9.17) is 19.4 Å². The second kappa shape index (κ2) is 14.4. The van der Waals surface area contributed by atoms with Crippen molar-refractivity contribution in [3.63, 3.8) is 0 Å². The second-order valence-corrected chi connectivity index (χ2v) is 15.1. The van der Waals surface area contributed by atoms with Crippen molar-refractivity contribution >= 4 is 44.4 Å². The van der Waals surface area contributed by atoms with Crippen molar-refractivity contribution < 1.29 is 40.8 Å². The van der Waals surface area contributed by atoms with Gasteiger partial charge in [-0.25, -0.2) is 18.2 Å². The van der Waals surface area contributed by atoms with E-state index in [9.17, 15) is 26.4 Å². The number of benzene rings is 2. The number of amides is 1. The minimum Gasteiger partial charge on any atom is -0.475 e. The van der Waals surface area contributed by atoms with Crippen molar-refractivity contribution in [3.8, 4) is 33.6 Å². The molecular weight excluding hydrogens is 688 g/mol. The first-order valence-electron chi connectivity index (χ1n) is 14.6. The number of carbonyl (C=O) groups is 2. The Morgan fingerprint density at radius 1 is 1.00 bits per heavy atom. The molecule has 0 bridgehead atoms. The number of rotatable bonds is 7. The smallest absolute Gasteiger partial charge is 0.475 e. The summed E-state index contributed by atoms with van der Waals surface area (Å²) >= 11 is 3.28. The van der Waals surface area contributed by atoms with Gasteiger partial charge < -0.3 is 14.5 Å². The summed E-state index contributed by atoms with van der Waals surface area (Å²) in [6.07, 6.45) is -1.59. The summed E-state index contributed by atoms with van der Waals surface area (Å²) in [7, 11) is -3.25. The normalized spacial score (nSPS) is 14.0. The van der Waals surface area contributed by atoms with E-state index in [1.807, 2.05) is 65.7 Å². The molecule has 1 saturated heterocycles. The van der Waals surface area contributed by atoms with Gasteiger partial charge in [0.15, 0.2) is 9.84 Å². The fourth-order valence-electron chi connectivity index (χ4n) is 5.25. The van der Waals surface area contributed by atoms with E-state index < -0.39 is 22.0 Å². The summed E-state index contributed by atoms with van der Waals surface area (Å²) in [5.41, 5.74) is 5.21. The highest BCUT2D eigenvalue weighted by Gasteiger charge is 2.38. The summed E-state index contributed by atoms with van der Waals surface area (Å²) in [4.78, 5) is 30.0. The van der Waals surface area contributed by atoms with Crippen molar-refractivity contribution in [2.24, 2.45) is 0 Å². The number of halogens is 3. The van der Waals surface area contributed by atoms with Crippen LogP contribution in [0, 0.1) is 6.92 Å². The number of likely N-dealkylation sites (tertiary alicyclic amines) is 1. The van der Waals surface area contributed by atoms with E-state index in [1.54, 1.807) is 34.8 Å². The third kappa shape index (κ3) is 8.38. The predicted octanol–water partition coefficient (Wildman–Crippen LogP) is 7.49. The van der Waals surface area contributed by atoms with E-state index in [0.717, 1.165) is 69.5 Å². The molecule has 9 nitrogen and oxygen atoms in total. The molecule has 2 aromatic carbocycles. The minimum atomic E-state index is -5.08. The second-order valence-electron chi connectivity index (χ2n) is 11.1. The number of piperidine rings is 1. The van der Waals surface area contributed by atoms with Crippen LogP contribution >= 0.6 is 22.7 Å². The maximum absolute atomic E-state index is 12.7.